The van der Waals surface area contributed by atoms with Crippen LogP contribution in [0.2, 0.25) is 0 Å². The maximum atomic E-state index is 3.75. The summed E-state index contributed by atoms with van der Waals surface area (Å²) < 4.78 is 4.84. The second-order valence-corrected chi connectivity index (χ2v) is 15.8. The molecule has 0 bridgehead atoms. The second-order valence-electron chi connectivity index (χ2n) is 15.8. The minimum absolute atomic E-state index is 0.286. The summed E-state index contributed by atoms with van der Waals surface area (Å²) in [6, 6.07) is 52.5. The first-order valence-electron chi connectivity index (χ1n) is 19.4. The third-order valence-corrected chi connectivity index (χ3v) is 12.0. The van der Waals surface area contributed by atoms with Crippen LogP contribution in [0.4, 0.5) is 0 Å². The molecule has 1 aliphatic carbocycles. The molecule has 0 saturated carbocycles. The highest BCUT2D eigenvalue weighted by Gasteiger charge is 2.22. The van der Waals surface area contributed by atoms with E-state index in [4.69, 9.17) is 0 Å². The Kier molecular flexibility index (Phi) is 6.94. The zero-order valence-corrected chi connectivity index (χ0v) is 31.6. The van der Waals surface area contributed by atoms with Crippen molar-refractivity contribution >= 4 is 60.6 Å². The summed E-state index contributed by atoms with van der Waals surface area (Å²) in [6.45, 7) is 8.72. The molecule has 264 valence electrons. The van der Waals surface area contributed by atoms with Crippen molar-refractivity contribution in [2.24, 2.45) is 0 Å². The van der Waals surface area contributed by atoms with E-state index in [1.54, 1.807) is 0 Å². The van der Waals surface area contributed by atoms with Gasteiger partial charge in [-0.15, -0.1) is 0 Å². The number of nitrogens with zero attached hydrogens (tertiary/aromatic N) is 2. The van der Waals surface area contributed by atoms with Gasteiger partial charge in [-0.25, -0.2) is 0 Å². The minimum atomic E-state index is 0.286. The van der Waals surface area contributed by atoms with Gasteiger partial charge in [-0.05, 0) is 159 Å². The molecule has 3 heterocycles. The number of hydrogen-bond donors (Lipinski definition) is 1. The Morgan fingerprint density at radius 2 is 0.982 bits per heavy atom. The highest BCUT2D eigenvalue weighted by atomic mass is 15.0. The van der Waals surface area contributed by atoms with E-state index in [-0.39, 0.29) is 5.92 Å². The number of rotatable bonds is 4. The molecule has 0 aliphatic heterocycles. The molecule has 0 radical (unpaired) electrons. The van der Waals surface area contributed by atoms with Crippen LogP contribution in [0.1, 0.15) is 45.0 Å². The van der Waals surface area contributed by atoms with Crippen LogP contribution in [0.15, 0.2) is 146 Å². The molecule has 0 spiro atoms. The zero-order chi connectivity index (χ0) is 36.9. The molecule has 7 aromatic carbocycles. The molecule has 1 aliphatic rings. The van der Waals surface area contributed by atoms with Crippen LogP contribution in [0.25, 0.3) is 83.1 Å². The lowest BCUT2D eigenvalue weighted by molar-refractivity contribution is 0.832. The van der Waals surface area contributed by atoms with Gasteiger partial charge in [-0.3, -0.25) is 0 Å². The monoisotopic (exact) mass is 707 g/mol. The molecular weight excluding hydrogens is 667 g/mol. The SMILES string of the molecule is Cc1cccc(-n2c3ccc(C)cc3c3cc(-c4ccc5[nH]c6c(c5c4)CC(c4ccc5c(c4)c4cc(C)ccc4n5-c4cccc(C)c4)C=C6)ccc32)c1. The summed E-state index contributed by atoms with van der Waals surface area (Å²) in [5, 5.41) is 6.51. The predicted molar refractivity (Wildman–Crippen MR) is 233 cm³/mol. The molecule has 1 atom stereocenters. The lowest BCUT2D eigenvalue weighted by Gasteiger charge is -2.18. The third kappa shape index (κ3) is 5.03. The zero-order valence-electron chi connectivity index (χ0n) is 31.6. The van der Waals surface area contributed by atoms with Crippen LogP contribution in [-0.2, 0) is 6.42 Å². The van der Waals surface area contributed by atoms with Gasteiger partial charge in [0.1, 0.15) is 0 Å². The number of allylic oxidation sites excluding steroid dienone is 1. The average Bonchev–Trinajstić information content (AvgIpc) is 3.84. The van der Waals surface area contributed by atoms with Crippen LogP contribution < -0.4 is 0 Å². The van der Waals surface area contributed by atoms with Crippen LogP contribution in [0, 0.1) is 27.7 Å². The topological polar surface area (TPSA) is 25.6 Å². The van der Waals surface area contributed by atoms with Crippen molar-refractivity contribution in [2.75, 3.05) is 0 Å². The van der Waals surface area contributed by atoms with Gasteiger partial charge in [0.15, 0.2) is 0 Å². The maximum absolute atomic E-state index is 3.75. The van der Waals surface area contributed by atoms with E-state index in [0.717, 1.165) is 6.42 Å². The van der Waals surface area contributed by atoms with Gasteiger partial charge in [-0.1, -0.05) is 71.8 Å². The highest BCUT2D eigenvalue weighted by Crippen LogP contribution is 2.41. The molecular formula is C52H41N3. The molecule has 10 aromatic rings. The van der Waals surface area contributed by atoms with Crippen LogP contribution >= 0.6 is 0 Å². The number of fused-ring (bicyclic) bond motifs is 9. The summed E-state index contributed by atoms with van der Waals surface area (Å²) in [7, 11) is 0. The fraction of sp³-hybridized carbons (Fsp3) is 0.115. The van der Waals surface area contributed by atoms with Gasteiger partial charge in [0.25, 0.3) is 0 Å². The molecule has 3 aromatic heterocycles. The van der Waals surface area contributed by atoms with Gasteiger partial charge in [-0.2, -0.15) is 0 Å². The smallest absolute Gasteiger partial charge is 0.0541 e. The van der Waals surface area contributed by atoms with Crippen molar-refractivity contribution in [3.05, 3.63) is 185 Å². The highest BCUT2D eigenvalue weighted by molar-refractivity contribution is 6.11. The van der Waals surface area contributed by atoms with E-state index in [1.807, 2.05) is 0 Å². The van der Waals surface area contributed by atoms with Gasteiger partial charge >= 0.3 is 0 Å². The molecule has 3 heteroatoms. The predicted octanol–water partition coefficient (Wildman–Crippen LogP) is 13.6. The van der Waals surface area contributed by atoms with Gasteiger partial charge < -0.3 is 14.1 Å². The number of benzene rings is 7. The standard InChI is InChI=1S/C52H41N3/c1-31-7-5-9-39(23-31)54-49-19-11-33(3)25-43(49)45-29-37(15-21-51(45)54)35-13-17-47-41(27-35)42-28-36(14-18-48(42)53-47)38-16-22-52-46(30-38)44-26-34(4)12-20-50(44)55(52)40-10-6-8-32(2)24-40/h5-27,29-30,36,53H,28H2,1-4H3. The summed E-state index contributed by atoms with van der Waals surface area (Å²) >= 11 is 0. The lowest BCUT2D eigenvalue weighted by Crippen LogP contribution is -2.05. The molecule has 0 saturated heterocycles. The Balaban J connectivity index is 0.995. The maximum Gasteiger partial charge on any atom is 0.0541 e. The number of hydrogen-bond acceptors (Lipinski definition) is 0. The van der Waals surface area contributed by atoms with E-state index < -0.39 is 0 Å². The first kappa shape index (κ1) is 31.9. The largest absolute Gasteiger partial charge is 0.355 e. The molecule has 0 fully saturated rings. The fourth-order valence-corrected chi connectivity index (χ4v) is 9.33. The lowest BCUT2D eigenvalue weighted by atomic mass is 9.86. The van der Waals surface area contributed by atoms with Crippen molar-refractivity contribution in [3.63, 3.8) is 0 Å². The fourth-order valence-electron chi connectivity index (χ4n) is 9.33. The van der Waals surface area contributed by atoms with Crippen molar-refractivity contribution in [3.8, 4) is 22.5 Å². The van der Waals surface area contributed by atoms with Gasteiger partial charge in [0.2, 0.25) is 0 Å². The van der Waals surface area contributed by atoms with E-state index in [2.05, 4.69) is 193 Å². The van der Waals surface area contributed by atoms with Crippen molar-refractivity contribution < 1.29 is 0 Å². The van der Waals surface area contributed by atoms with E-state index in [0.29, 0.717) is 0 Å². The first-order chi connectivity index (χ1) is 26.9. The summed E-state index contributed by atoms with van der Waals surface area (Å²) in [5.74, 6) is 0.286. The Hall–Kier alpha value is -6.58. The Morgan fingerprint density at radius 3 is 1.60 bits per heavy atom. The summed E-state index contributed by atoms with van der Waals surface area (Å²) in [4.78, 5) is 3.75. The van der Waals surface area contributed by atoms with Crippen molar-refractivity contribution in [1.82, 2.24) is 14.1 Å². The average molecular weight is 708 g/mol. The number of aromatic amines is 1. The molecule has 11 rings (SSSR count). The quantitative estimate of drug-likeness (QED) is 0.188. The Morgan fingerprint density at radius 1 is 0.473 bits per heavy atom. The van der Waals surface area contributed by atoms with E-state index in [9.17, 15) is 0 Å². The first-order valence-corrected chi connectivity index (χ1v) is 19.4. The Labute approximate surface area is 320 Å². The number of nitrogens with one attached hydrogen (secondary N) is 1. The van der Waals surface area contributed by atoms with Crippen molar-refractivity contribution in [2.45, 2.75) is 40.0 Å². The molecule has 1 N–H and O–H groups in total. The Bertz CT molecular complexity index is 3230. The van der Waals surface area contributed by atoms with Gasteiger partial charge in [0, 0.05) is 55.4 Å². The number of aromatic nitrogens is 3. The van der Waals surface area contributed by atoms with E-state index in [1.165, 1.54) is 116 Å². The molecule has 1 unspecified atom stereocenters. The molecule has 3 nitrogen and oxygen atoms in total. The molecule has 0 amide bonds. The summed E-state index contributed by atoms with van der Waals surface area (Å²) in [5.41, 5.74) is 20.1. The van der Waals surface area contributed by atoms with Crippen LogP contribution in [0.5, 0.6) is 0 Å². The van der Waals surface area contributed by atoms with Gasteiger partial charge in [0.05, 0.1) is 22.1 Å². The minimum Gasteiger partial charge on any atom is -0.355 e. The second kappa shape index (κ2) is 12.0. The number of H-pyrrole nitrogens is 1. The van der Waals surface area contributed by atoms with Crippen LogP contribution in [0.3, 0.4) is 0 Å². The van der Waals surface area contributed by atoms with Crippen LogP contribution in [-0.4, -0.2) is 14.1 Å². The molecule has 55 heavy (non-hydrogen) atoms. The van der Waals surface area contributed by atoms with E-state index >= 15 is 0 Å². The summed E-state index contributed by atoms with van der Waals surface area (Å²) in [6.07, 6.45) is 5.66. The third-order valence-electron chi connectivity index (χ3n) is 12.0. The number of aryl methyl sites for hydroxylation is 4. The van der Waals surface area contributed by atoms with Crippen molar-refractivity contribution in [1.29, 1.82) is 0 Å². The normalized spacial score (nSPS) is 14.2.